The Morgan fingerprint density at radius 3 is 2.21 bits per heavy atom. The Hall–Kier alpha value is -1.06. The predicted octanol–water partition coefficient (Wildman–Crippen LogP) is 1.49. The zero-order valence-corrected chi connectivity index (χ0v) is 8.38. The molecule has 1 aromatic rings. The van der Waals surface area contributed by atoms with E-state index in [1.807, 2.05) is 12.1 Å². The number of carbonyl (C=O) groups is 1. The molecule has 1 aromatic carbocycles. The summed E-state index contributed by atoms with van der Waals surface area (Å²) in [5.41, 5.74) is 1.58. The molecule has 0 bridgehead atoms. The molecule has 1 saturated heterocycles. The quantitative estimate of drug-likeness (QED) is 0.783. The van der Waals surface area contributed by atoms with Gasteiger partial charge >= 0.3 is 5.97 Å². The summed E-state index contributed by atoms with van der Waals surface area (Å²) in [6.45, 7) is 2.01. The van der Waals surface area contributed by atoms with Crippen LogP contribution in [0.15, 0.2) is 24.3 Å². The molecule has 1 heterocycles. The first kappa shape index (κ1) is 11.0. The molecule has 76 valence electrons. The van der Waals surface area contributed by atoms with Gasteiger partial charge in [-0.05, 0) is 17.7 Å². The highest BCUT2D eigenvalue weighted by molar-refractivity contribution is 5.87. The minimum absolute atomic E-state index is 0. The lowest BCUT2D eigenvalue weighted by molar-refractivity contribution is 0.0697. The Morgan fingerprint density at radius 1 is 1.29 bits per heavy atom. The molecule has 0 amide bonds. The topological polar surface area (TPSA) is 49.3 Å². The molecule has 0 aliphatic carbocycles. The first-order valence-electron chi connectivity index (χ1n) is 4.31. The van der Waals surface area contributed by atoms with E-state index >= 15 is 0 Å². The summed E-state index contributed by atoms with van der Waals surface area (Å²) in [6, 6.07) is 7.12. The minimum Gasteiger partial charge on any atom is -0.478 e. The number of aromatic carboxylic acids is 1. The maximum atomic E-state index is 10.6. The summed E-state index contributed by atoms with van der Waals surface area (Å²) in [4.78, 5) is 10.6. The van der Waals surface area contributed by atoms with E-state index in [1.54, 1.807) is 12.1 Å². The molecule has 1 aliphatic rings. The van der Waals surface area contributed by atoms with Gasteiger partial charge < -0.3 is 10.4 Å². The average Bonchev–Trinajstić information content (AvgIpc) is 2.02. The average molecular weight is 214 g/mol. The van der Waals surface area contributed by atoms with Gasteiger partial charge in [0.05, 0.1) is 5.56 Å². The summed E-state index contributed by atoms with van der Waals surface area (Å²) in [5.74, 6) is -0.291. The van der Waals surface area contributed by atoms with E-state index in [4.69, 9.17) is 5.11 Å². The summed E-state index contributed by atoms with van der Waals surface area (Å²) in [7, 11) is 0. The van der Waals surface area contributed by atoms with Crippen LogP contribution < -0.4 is 5.32 Å². The molecule has 2 N–H and O–H groups in total. The fourth-order valence-corrected chi connectivity index (χ4v) is 1.42. The van der Waals surface area contributed by atoms with Crippen LogP contribution in [0.5, 0.6) is 0 Å². The van der Waals surface area contributed by atoms with E-state index in [-0.39, 0.29) is 12.4 Å². The number of carboxylic acid groups (broad SMARTS) is 1. The van der Waals surface area contributed by atoms with Crippen molar-refractivity contribution in [2.45, 2.75) is 5.92 Å². The van der Waals surface area contributed by atoms with Gasteiger partial charge in [0, 0.05) is 19.0 Å². The van der Waals surface area contributed by atoms with Crippen molar-refractivity contribution in [3.8, 4) is 0 Å². The molecule has 0 spiro atoms. The monoisotopic (exact) mass is 213 g/mol. The molecule has 0 radical (unpaired) electrons. The number of nitrogens with one attached hydrogen (secondary N) is 1. The highest BCUT2D eigenvalue weighted by Crippen LogP contribution is 2.19. The van der Waals surface area contributed by atoms with Crippen LogP contribution in [-0.2, 0) is 0 Å². The second-order valence-corrected chi connectivity index (χ2v) is 3.28. The van der Waals surface area contributed by atoms with E-state index in [9.17, 15) is 4.79 Å². The van der Waals surface area contributed by atoms with Crippen molar-refractivity contribution in [3.63, 3.8) is 0 Å². The molecule has 1 fully saturated rings. The fraction of sp³-hybridized carbons (Fsp3) is 0.300. The van der Waals surface area contributed by atoms with E-state index in [0.717, 1.165) is 13.1 Å². The summed E-state index contributed by atoms with van der Waals surface area (Å²) in [6.07, 6.45) is 0. The molecule has 4 heteroatoms. The van der Waals surface area contributed by atoms with Gasteiger partial charge in [-0.25, -0.2) is 4.79 Å². The van der Waals surface area contributed by atoms with E-state index in [0.29, 0.717) is 11.5 Å². The lowest BCUT2D eigenvalue weighted by Crippen LogP contribution is -2.39. The SMILES string of the molecule is Cl.O=C(O)c1ccc(C2CNC2)cc1. The van der Waals surface area contributed by atoms with Crippen LogP contribution in [-0.4, -0.2) is 24.2 Å². The Balaban J connectivity index is 0.000000980. The van der Waals surface area contributed by atoms with Crippen LogP contribution in [0.25, 0.3) is 0 Å². The van der Waals surface area contributed by atoms with Crippen LogP contribution in [0.2, 0.25) is 0 Å². The third kappa shape index (κ3) is 2.05. The van der Waals surface area contributed by atoms with Crippen molar-refractivity contribution in [2.24, 2.45) is 0 Å². The van der Waals surface area contributed by atoms with Crippen molar-refractivity contribution >= 4 is 18.4 Å². The number of hydrogen-bond donors (Lipinski definition) is 2. The lowest BCUT2D eigenvalue weighted by atomic mass is 9.93. The second-order valence-electron chi connectivity index (χ2n) is 3.28. The van der Waals surface area contributed by atoms with Crippen molar-refractivity contribution in [1.82, 2.24) is 5.32 Å². The van der Waals surface area contributed by atoms with Crippen molar-refractivity contribution < 1.29 is 9.90 Å². The summed E-state index contributed by atoms with van der Waals surface area (Å²) >= 11 is 0. The molecule has 14 heavy (non-hydrogen) atoms. The van der Waals surface area contributed by atoms with E-state index in [2.05, 4.69) is 5.32 Å². The molecule has 0 saturated carbocycles. The maximum absolute atomic E-state index is 10.6. The smallest absolute Gasteiger partial charge is 0.335 e. The first-order chi connectivity index (χ1) is 6.27. The number of benzene rings is 1. The van der Waals surface area contributed by atoms with Gasteiger partial charge in [-0.3, -0.25) is 0 Å². The number of hydrogen-bond acceptors (Lipinski definition) is 2. The standard InChI is InChI=1S/C10H11NO2.ClH/c12-10(13)8-3-1-7(2-4-8)9-5-11-6-9;/h1-4,9,11H,5-6H2,(H,12,13);1H. The Morgan fingerprint density at radius 2 is 1.86 bits per heavy atom. The highest BCUT2D eigenvalue weighted by Gasteiger charge is 2.18. The molecule has 0 aromatic heterocycles. The molecule has 2 rings (SSSR count). The highest BCUT2D eigenvalue weighted by atomic mass is 35.5. The van der Waals surface area contributed by atoms with Gasteiger partial charge in [0.25, 0.3) is 0 Å². The van der Waals surface area contributed by atoms with Crippen molar-refractivity contribution in [1.29, 1.82) is 0 Å². The van der Waals surface area contributed by atoms with Gasteiger partial charge in [0.2, 0.25) is 0 Å². The van der Waals surface area contributed by atoms with Crippen LogP contribution in [0.1, 0.15) is 21.8 Å². The molecule has 0 atom stereocenters. The first-order valence-corrected chi connectivity index (χ1v) is 4.31. The normalized spacial score (nSPS) is 15.4. The number of rotatable bonds is 2. The van der Waals surface area contributed by atoms with Crippen LogP contribution in [0.3, 0.4) is 0 Å². The van der Waals surface area contributed by atoms with E-state index in [1.165, 1.54) is 5.56 Å². The molecule has 1 aliphatic heterocycles. The van der Waals surface area contributed by atoms with Gasteiger partial charge in [0.15, 0.2) is 0 Å². The summed E-state index contributed by atoms with van der Waals surface area (Å²) in [5, 5.41) is 11.9. The zero-order chi connectivity index (χ0) is 9.26. The molecule has 3 nitrogen and oxygen atoms in total. The van der Waals surface area contributed by atoms with Gasteiger partial charge in [-0.2, -0.15) is 0 Å². The zero-order valence-electron chi connectivity index (χ0n) is 7.56. The molecular weight excluding hydrogens is 202 g/mol. The predicted molar refractivity (Wildman–Crippen MR) is 56.3 cm³/mol. The molecular formula is C10H12ClNO2. The van der Waals surface area contributed by atoms with Gasteiger partial charge in [-0.15, -0.1) is 12.4 Å². The van der Waals surface area contributed by atoms with E-state index < -0.39 is 5.97 Å². The summed E-state index contributed by atoms with van der Waals surface area (Å²) < 4.78 is 0. The number of halogens is 1. The van der Waals surface area contributed by atoms with Crippen LogP contribution >= 0.6 is 12.4 Å². The third-order valence-electron chi connectivity index (χ3n) is 2.41. The number of carboxylic acids is 1. The second kappa shape index (κ2) is 4.44. The Labute approximate surface area is 88.5 Å². The lowest BCUT2D eigenvalue weighted by Gasteiger charge is -2.27. The minimum atomic E-state index is -0.863. The third-order valence-corrected chi connectivity index (χ3v) is 2.41. The van der Waals surface area contributed by atoms with Crippen LogP contribution in [0.4, 0.5) is 0 Å². The maximum Gasteiger partial charge on any atom is 0.335 e. The van der Waals surface area contributed by atoms with Gasteiger partial charge in [-0.1, -0.05) is 12.1 Å². The molecule has 0 unspecified atom stereocenters. The Kier molecular flexibility index (Phi) is 3.49. The largest absolute Gasteiger partial charge is 0.478 e. The van der Waals surface area contributed by atoms with Crippen molar-refractivity contribution in [3.05, 3.63) is 35.4 Å². The fourth-order valence-electron chi connectivity index (χ4n) is 1.42. The van der Waals surface area contributed by atoms with Crippen LogP contribution in [0, 0.1) is 0 Å². The van der Waals surface area contributed by atoms with Gasteiger partial charge in [0.1, 0.15) is 0 Å². The van der Waals surface area contributed by atoms with Crippen molar-refractivity contribution in [2.75, 3.05) is 13.1 Å². The Bertz CT molecular complexity index is 319.